The van der Waals surface area contributed by atoms with Crippen LogP contribution in [0.1, 0.15) is 18.4 Å². The predicted octanol–water partition coefficient (Wildman–Crippen LogP) is 1.84. The van der Waals surface area contributed by atoms with Crippen molar-refractivity contribution in [3.8, 4) is 0 Å². The zero-order valence-electron chi connectivity index (χ0n) is 10.1. The van der Waals surface area contributed by atoms with Gasteiger partial charge in [0.05, 0.1) is 12.7 Å². The van der Waals surface area contributed by atoms with Crippen LogP contribution in [-0.2, 0) is 15.1 Å². The van der Waals surface area contributed by atoms with Crippen LogP contribution >= 0.6 is 0 Å². The summed E-state index contributed by atoms with van der Waals surface area (Å²) >= 11 is 0. The molecular weight excluding hydrogens is 235 g/mol. The van der Waals surface area contributed by atoms with Crippen molar-refractivity contribution in [2.24, 2.45) is 5.92 Å². The van der Waals surface area contributed by atoms with Gasteiger partial charge < -0.3 is 14.6 Å². The summed E-state index contributed by atoms with van der Waals surface area (Å²) in [6.07, 6.45) is 1.97. The molecule has 0 aromatic heterocycles. The van der Waals surface area contributed by atoms with Crippen molar-refractivity contribution in [3.63, 3.8) is 0 Å². The normalized spacial score (nSPS) is 32.4. The second kappa shape index (κ2) is 4.61. The SMILES string of the molecule is OCC1(c2ccc(F)cc2)OC1C1CCOCC1. The molecule has 3 nitrogen and oxygen atoms in total. The zero-order valence-corrected chi connectivity index (χ0v) is 10.1. The summed E-state index contributed by atoms with van der Waals surface area (Å²) in [5, 5.41) is 9.63. The van der Waals surface area contributed by atoms with Crippen LogP contribution in [0.15, 0.2) is 24.3 Å². The maximum atomic E-state index is 12.9. The molecule has 2 aliphatic heterocycles. The van der Waals surface area contributed by atoms with Crippen LogP contribution in [0.25, 0.3) is 0 Å². The standard InChI is InChI=1S/C14H17FO3/c15-12-3-1-11(2-4-12)14(9-16)13(18-14)10-5-7-17-8-6-10/h1-4,10,13,16H,5-9H2. The molecule has 4 heteroatoms. The predicted molar refractivity (Wildman–Crippen MR) is 63.6 cm³/mol. The van der Waals surface area contributed by atoms with Crippen LogP contribution in [0.3, 0.4) is 0 Å². The Morgan fingerprint density at radius 2 is 1.89 bits per heavy atom. The molecule has 0 spiro atoms. The molecule has 98 valence electrons. The van der Waals surface area contributed by atoms with Crippen LogP contribution in [0.4, 0.5) is 4.39 Å². The van der Waals surface area contributed by atoms with Gasteiger partial charge >= 0.3 is 0 Å². The molecule has 18 heavy (non-hydrogen) atoms. The Kier molecular flexibility index (Phi) is 3.09. The highest BCUT2D eigenvalue weighted by Gasteiger charge is 2.60. The van der Waals surface area contributed by atoms with E-state index in [-0.39, 0.29) is 18.5 Å². The van der Waals surface area contributed by atoms with Gasteiger partial charge in [-0.05, 0) is 36.5 Å². The number of epoxide rings is 1. The second-order valence-electron chi connectivity index (χ2n) is 5.04. The number of aliphatic hydroxyl groups is 1. The van der Waals surface area contributed by atoms with Crippen LogP contribution < -0.4 is 0 Å². The maximum Gasteiger partial charge on any atom is 0.143 e. The number of ether oxygens (including phenoxy) is 2. The lowest BCUT2D eigenvalue weighted by molar-refractivity contribution is 0.0571. The molecule has 2 atom stereocenters. The number of hydrogen-bond donors (Lipinski definition) is 1. The fraction of sp³-hybridized carbons (Fsp3) is 0.571. The van der Waals surface area contributed by atoms with Crippen molar-refractivity contribution in [1.82, 2.24) is 0 Å². The third kappa shape index (κ3) is 1.94. The van der Waals surface area contributed by atoms with Crippen molar-refractivity contribution in [2.45, 2.75) is 24.5 Å². The van der Waals surface area contributed by atoms with Crippen LogP contribution in [0, 0.1) is 11.7 Å². The Morgan fingerprint density at radius 1 is 1.22 bits per heavy atom. The average molecular weight is 252 g/mol. The quantitative estimate of drug-likeness (QED) is 0.835. The lowest BCUT2D eigenvalue weighted by atomic mass is 9.85. The highest BCUT2D eigenvalue weighted by Crippen LogP contribution is 2.51. The first-order chi connectivity index (χ1) is 8.76. The fourth-order valence-corrected chi connectivity index (χ4v) is 2.87. The monoisotopic (exact) mass is 252 g/mol. The van der Waals surface area contributed by atoms with Crippen molar-refractivity contribution < 1.29 is 19.0 Å². The molecule has 2 heterocycles. The highest BCUT2D eigenvalue weighted by molar-refractivity contribution is 5.30. The van der Waals surface area contributed by atoms with Gasteiger partial charge in [0.1, 0.15) is 11.4 Å². The second-order valence-corrected chi connectivity index (χ2v) is 5.04. The van der Waals surface area contributed by atoms with Crippen molar-refractivity contribution >= 4 is 0 Å². The highest BCUT2D eigenvalue weighted by atomic mass is 19.1. The van der Waals surface area contributed by atoms with E-state index in [1.54, 1.807) is 12.1 Å². The fourth-order valence-electron chi connectivity index (χ4n) is 2.87. The molecule has 3 rings (SSSR count). The summed E-state index contributed by atoms with van der Waals surface area (Å²) in [4.78, 5) is 0. The molecule has 2 saturated heterocycles. The van der Waals surface area contributed by atoms with Gasteiger partial charge in [0.25, 0.3) is 0 Å². The number of benzene rings is 1. The van der Waals surface area contributed by atoms with E-state index in [1.165, 1.54) is 12.1 Å². The van der Waals surface area contributed by atoms with Gasteiger partial charge in [0.15, 0.2) is 0 Å². The van der Waals surface area contributed by atoms with Crippen molar-refractivity contribution in [3.05, 3.63) is 35.6 Å². The van der Waals surface area contributed by atoms with E-state index in [4.69, 9.17) is 9.47 Å². The Morgan fingerprint density at radius 3 is 2.50 bits per heavy atom. The van der Waals surface area contributed by atoms with E-state index in [2.05, 4.69) is 0 Å². The summed E-state index contributed by atoms with van der Waals surface area (Å²) in [7, 11) is 0. The number of halogens is 1. The molecule has 0 bridgehead atoms. The van der Waals surface area contributed by atoms with E-state index < -0.39 is 5.60 Å². The first kappa shape index (κ1) is 12.1. The largest absolute Gasteiger partial charge is 0.393 e. The lowest BCUT2D eigenvalue weighted by Gasteiger charge is -2.22. The molecule has 0 amide bonds. The van der Waals surface area contributed by atoms with Gasteiger partial charge in [0, 0.05) is 13.2 Å². The van der Waals surface area contributed by atoms with E-state index in [9.17, 15) is 9.50 Å². The number of rotatable bonds is 3. The minimum absolute atomic E-state index is 0.0388. The zero-order chi connectivity index (χ0) is 12.6. The molecule has 1 aromatic carbocycles. The van der Waals surface area contributed by atoms with E-state index in [0.717, 1.165) is 31.6 Å². The molecule has 2 fully saturated rings. The molecule has 1 N–H and O–H groups in total. The van der Waals surface area contributed by atoms with Gasteiger partial charge in [-0.3, -0.25) is 0 Å². The Balaban J connectivity index is 1.78. The van der Waals surface area contributed by atoms with Gasteiger partial charge in [0.2, 0.25) is 0 Å². The van der Waals surface area contributed by atoms with Crippen molar-refractivity contribution in [1.29, 1.82) is 0 Å². The van der Waals surface area contributed by atoms with Gasteiger partial charge in [-0.1, -0.05) is 12.1 Å². The van der Waals surface area contributed by atoms with Crippen molar-refractivity contribution in [2.75, 3.05) is 19.8 Å². The Labute approximate surface area is 106 Å². The van der Waals surface area contributed by atoms with Crippen LogP contribution in [0.5, 0.6) is 0 Å². The molecular formula is C14H17FO3. The van der Waals surface area contributed by atoms with Gasteiger partial charge in [-0.2, -0.15) is 0 Å². The molecule has 2 unspecified atom stereocenters. The van der Waals surface area contributed by atoms with Crippen LogP contribution in [0.2, 0.25) is 0 Å². The molecule has 0 aliphatic carbocycles. The molecule has 0 saturated carbocycles. The average Bonchev–Trinajstić information content (AvgIpc) is 3.17. The van der Waals surface area contributed by atoms with Gasteiger partial charge in [-0.15, -0.1) is 0 Å². The van der Waals surface area contributed by atoms with Crippen LogP contribution in [-0.4, -0.2) is 31.0 Å². The Hall–Kier alpha value is -0.970. The summed E-state index contributed by atoms with van der Waals surface area (Å²) in [5.74, 6) is 0.158. The maximum absolute atomic E-state index is 12.9. The number of aliphatic hydroxyl groups excluding tert-OH is 1. The first-order valence-corrected chi connectivity index (χ1v) is 6.39. The molecule has 1 aromatic rings. The minimum Gasteiger partial charge on any atom is -0.393 e. The summed E-state index contributed by atoms with van der Waals surface area (Å²) in [5.41, 5.74) is 0.248. The van der Waals surface area contributed by atoms with Gasteiger partial charge in [-0.25, -0.2) is 4.39 Å². The summed E-state index contributed by atoms with van der Waals surface area (Å²) < 4.78 is 24.1. The number of hydrogen-bond acceptors (Lipinski definition) is 3. The van der Waals surface area contributed by atoms with E-state index >= 15 is 0 Å². The third-order valence-electron chi connectivity index (χ3n) is 4.00. The van der Waals surface area contributed by atoms with E-state index in [1.807, 2.05) is 0 Å². The minimum atomic E-state index is -0.615. The molecule has 0 radical (unpaired) electrons. The van der Waals surface area contributed by atoms with E-state index in [0.29, 0.717) is 5.92 Å². The first-order valence-electron chi connectivity index (χ1n) is 6.39. The Bertz CT molecular complexity index is 414. The smallest absolute Gasteiger partial charge is 0.143 e. The lowest BCUT2D eigenvalue weighted by Crippen LogP contribution is -2.27. The topological polar surface area (TPSA) is 42.0 Å². The molecule has 2 aliphatic rings. The summed E-state index contributed by atoms with van der Waals surface area (Å²) in [6.45, 7) is 1.46. The summed E-state index contributed by atoms with van der Waals surface area (Å²) in [6, 6.07) is 6.22. The third-order valence-corrected chi connectivity index (χ3v) is 4.00.